The molecule has 2 aromatic rings. The van der Waals surface area contributed by atoms with Crippen LogP contribution in [-0.2, 0) is 6.61 Å². The van der Waals surface area contributed by atoms with E-state index in [1.807, 2.05) is 19.1 Å². The average molecular weight is 342 g/mol. The first-order valence-electron chi connectivity index (χ1n) is 6.09. The molecule has 0 fully saturated rings. The summed E-state index contributed by atoms with van der Waals surface area (Å²) in [6, 6.07) is 8.89. The SMILES string of the molecule is C[C@H](N)c1ccc(Br)cc1OCc1c(F)cccc1F. The van der Waals surface area contributed by atoms with Gasteiger partial charge in [0.15, 0.2) is 0 Å². The van der Waals surface area contributed by atoms with Gasteiger partial charge in [-0.05, 0) is 31.2 Å². The van der Waals surface area contributed by atoms with Crippen LogP contribution in [0.3, 0.4) is 0 Å². The highest BCUT2D eigenvalue weighted by Gasteiger charge is 2.12. The molecule has 0 amide bonds. The molecule has 2 nitrogen and oxygen atoms in total. The molecule has 0 heterocycles. The van der Waals surface area contributed by atoms with E-state index in [2.05, 4.69) is 15.9 Å². The van der Waals surface area contributed by atoms with Crippen LogP contribution in [0.2, 0.25) is 0 Å². The molecule has 0 bridgehead atoms. The Labute approximate surface area is 124 Å². The van der Waals surface area contributed by atoms with Crippen LogP contribution < -0.4 is 10.5 Å². The average Bonchev–Trinajstić information content (AvgIpc) is 2.37. The van der Waals surface area contributed by atoms with Crippen molar-refractivity contribution in [2.75, 3.05) is 0 Å². The molecule has 20 heavy (non-hydrogen) atoms. The van der Waals surface area contributed by atoms with Gasteiger partial charge in [-0.25, -0.2) is 8.78 Å². The lowest BCUT2D eigenvalue weighted by atomic mass is 10.1. The van der Waals surface area contributed by atoms with Crippen LogP contribution in [0.5, 0.6) is 5.75 Å². The van der Waals surface area contributed by atoms with E-state index in [-0.39, 0.29) is 18.2 Å². The highest BCUT2D eigenvalue weighted by Crippen LogP contribution is 2.28. The van der Waals surface area contributed by atoms with Gasteiger partial charge in [-0.2, -0.15) is 0 Å². The molecule has 5 heteroatoms. The van der Waals surface area contributed by atoms with E-state index in [0.29, 0.717) is 5.75 Å². The summed E-state index contributed by atoms with van der Waals surface area (Å²) in [6.07, 6.45) is 0. The van der Waals surface area contributed by atoms with E-state index in [1.54, 1.807) is 6.07 Å². The van der Waals surface area contributed by atoms with Crippen LogP contribution >= 0.6 is 15.9 Å². The lowest BCUT2D eigenvalue weighted by Crippen LogP contribution is -2.09. The molecule has 2 rings (SSSR count). The van der Waals surface area contributed by atoms with Crippen molar-refractivity contribution in [2.24, 2.45) is 5.73 Å². The Morgan fingerprint density at radius 1 is 1.20 bits per heavy atom. The van der Waals surface area contributed by atoms with Gasteiger partial charge in [0.25, 0.3) is 0 Å². The standard InChI is InChI=1S/C15H14BrF2NO/c1-9(19)11-6-5-10(16)7-15(11)20-8-12-13(17)3-2-4-14(12)18/h2-7,9H,8,19H2,1H3/t9-/m0/s1. The fourth-order valence-electron chi connectivity index (χ4n) is 1.83. The fraction of sp³-hybridized carbons (Fsp3) is 0.200. The molecule has 0 aliphatic rings. The first-order chi connectivity index (χ1) is 9.49. The lowest BCUT2D eigenvalue weighted by Gasteiger charge is -2.15. The molecule has 2 aromatic carbocycles. The molecular weight excluding hydrogens is 328 g/mol. The highest BCUT2D eigenvalue weighted by molar-refractivity contribution is 9.10. The molecule has 2 N–H and O–H groups in total. The van der Waals surface area contributed by atoms with Gasteiger partial charge in [-0.3, -0.25) is 0 Å². The zero-order chi connectivity index (χ0) is 14.7. The predicted octanol–water partition coefficient (Wildman–Crippen LogP) is 4.33. The van der Waals surface area contributed by atoms with Gasteiger partial charge in [0.05, 0.1) is 5.56 Å². The van der Waals surface area contributed by atoms with E-state index < -0.39 is 11.6 Å². The van der Waals surface area contributed by atoms with Gasteiger partial charge in [-0.1, -0.05) is 28.1 Å². The van der Waals surface area contributed by atoms with Crippen LogP contribution in [0, 0.1) is 11.6 Å². The van der Waals surface area contributed by atoms with Gasteiger partial charge < -0.3 is 10.5 Å². The van der Waals surface area contributed by atoms with Crippen molar-refractivity contribution in [1.82, 2.24) is 0 Å². The Kier molecular flexibility index (Phi) is 4.73. The molecule has 0 radical (unpaired) electrons. The molecule has 1 atom stereocenters. The zero-order valence-electron chi connectivity index (χ0n) is 10.9. The third-order valence-corrected chi connectivity index (χ3v) is 3.39. The van der Waals surface area contributed by atoms with Gasteiger partial charge in [0.2, 0.25) is 0 Å². The highest BCUT2D eigenvalue weighted by atomic mass is 79.9. The van der Waals surface area contributed by atoms with Crippen molar-refractivity contribution in [3.05, 3.63) is 63.6 Å². The molecule has 0 unspecified atom stereocenters. The Morgan fingerprint density at radius 2 is 1.85 bits per heavy atom. The zero-order valence-corrected chi connectivity index (χ0v) is 12.5. The monoisotopic (exact) mass is 341 g/mol. The first-order valence-corrected chi connectivity index (χ1v) is 6.89. The van der Waals surface area contributed by atoms with E-state index in [4.69, 9.17) is 10.5 Å². The summed E-state index contributed by atoms with van der Waals surface area (Å²) < 4.78 is 33.4. The molecule has 0 aliphatic carbocycles. The molecule has 0 saturated heterocycles. The van der Waals surface area contributed by atoms with Crippen molar-refractivity contribution in [3.63, 3.8) is 0 Å². The fourth-order valence-corrected chi connectivity index (χ4v) is 2.17. The third kappa shape index (κ3) is 3.35. The second kappa shape index (κ2) is 6.33. The summed E-state index contributed by atoms with van der Waals surface area (Å²) in [5, 5.41) is 0. The third-order valence-electron chi connectivity index (χ3n) is 2.90. The van der Waals surface area contributed by atoms with Crippen molar-refractivity contribution < 1.29 is 13.5 Å². The Balaban J connectivity index is 2.25. The number of nitrogens with two attached hydrogens (primary N) is 1. The smallest absolute Gasteiger partial charge is 0.132 e. The maximum atomic E-state index is 13.5. The van der Waals surface area contributed by atoms with Gasteiger partial charge in [0.1, 0.15) is 24.0 Å². The molecule has 106 valence electrons. The summed E-state index contributed by atoms with van der Waals surface area (Å²) in [7, 11) is 0. The van der Waals surface area contributed by atoms with E-state index in [0.717, 1.165) is 10.0 Å². The second-order valence-electron chi connectivity index (χ2n) is 4.46. The van der Waals surface area contributed by atoms with Gasteiger partial charge in [0, 0.05) is 16.1 Å². The molecule has 0 aromatic heterocycles. The van der Waals surface area contributed by atoms with Crippen molar-refractivity contribution in [1.29, 1.82) is 0 Å². The number of ether oxygens (including phenoxy) is 1. The summed E-state index contributed by atoms with van der Waals surface area (Å²) >= 11 is 3.33. The minimum absolute atomic E-state index is 0.0944. The van der Waals surface area contributed by atoms with E-state index >= 15 is 0 Å². The van der Waals surface area contributed by atoms with Gasteiger partial charge >= 0.3 is 0 Å². The Morgan fingerprint density at radius 3 is 2.45 bits per heavy atom. The van der Waals surface area contributed by atoms with Crippen molar-refractivity contribution in [2.45, 2.75) is 19.6 Å². The number of rotatable bonds is 4. The summed E-state index contributed by atoms with van der Waals surface area (Å²) in [4.78, 5) is 0. The van der Waals surface area contributed by atoms with Crippen LogP contribution in [0.4, 0.5) is 8.78 Å². The molecular formula is C15H14BrF2NO. The topological polar surface area (TPSA) is 35.2 Å². The normalized spacial score (nSPS) is 12.2. The molecule has 0 aliphatic heterocycles. The maximum absolute atomic E-state index is 13.5. The number of benzene rings is 2. The van der Waals surface area contributed by atoms with Crippen LogP contribution in [0.15, 0.2) is 40.9 Å². The summed E-state index contributed by atoms with van der Waals surface area (Å²) in [5.74, 6) is -0.735. The van der Waals surface area contributed by atoms with E-state index in [9.17, 15) is 8.78 Å². The molecule has 0 spiro atoms. The second-order valence-corrected chi connectivity index (χ2v) is 5.38. The van der Waals surface area contributed by atoms with Crippen molar-refractivity contribution >= 4 is 15.9 Å². The van der Waals surface area contributed by atoms with Crippen molar-refractivity contribution in [3.8, 4) is 5.75 Å². The van der Waals surface area contributed by atoms with Crippen LogP contribution in [0.1, 0.15) is 24.1 Å². The molecule has 0 saturated carbocycles. The number of hydrogen-bond donors (Lipinski definition) is 1. The van der Waals surface area contributed by atoms with Gasteiger partial charge in [-0.15, -0.1) is 0 Å². The van der Waals surface area contributed by atoms with Crippen LogP contribution in [-0.4, -0.2) is 0 Å². The largest absolute Gasteiger partial charge is 0.488 e. The Bertz CT molecular complexity index is 597. The lowest BCUT2D eigenvalue weighted by molar-refractivity contribution is 0.288. The maximum Gasteiger partial charge on any atom is 0.132 e. The Hall–Kier alpha value is -1.46. The predicted molar refractivity (Wildman–Crippen MR) is 77.4 cm³/mol. The number of halogens is 3. The van der Waals surface area contributed by atoms with Crippen LogP contribution in [0.25, 0.3) is 0 Å². The minimum Gasteiger partial charge on any atom is -0.488 e. The summed E-state index contributed by atoms with van der Waals surface area (Å²) in [5.41, 5.74) is 6.54. The van der Waals surface area contributed by atoms with E-state index in [1.165, 1.54) is 18.2 Å². The quantitative estimate of drug-likeness (QED) is 0.898. The minimum atomic E-state index is -0.623. The summed E-state index contributed by atoms with van der Waals surface area (Å²) in [6.45, 7) is 1.63. The number of hydrogen-bond acceptors (Lipinski definition) is 2. The first kappa shape index (κ1) is 14.9.